The molecule has 0 atom stereocenters. The molecule has 0 radical (unpaired) electrons. The quantitative estimate of drug-likeness (QED) is 0.115. The van der Waals surface area contributed by atoms with Gasteiger partial charge in [-0.3, -0.25) is 4.79 Å². The molecule has 1 amide bonds. The van der Waals surface area contributed by atoms with Gasteiger partial charge in [0, 0.05) is 30.0 Å². The van der Waals surface area contributed by atoms with Crippen LogP contribution in [-0.4, -0.2) is 25.8 Å². The van der Waals surface area contributed by atoms with Gasteiger partial charge in [-0.15, -0.1) is 11.8 Å². The van der Waals surface area contributed by atoms with E-state index in [-0.39, 0.29) is 16.6 Å². The summed E-state index contributed by atoms with van der Waals surface area (Å²) in [6.07, 6.45) is 0. The van der Waals surface area contributed by atoms with Crippen LogP contribution in [0.25, 0.3) is 0 Å². The van der Waals surface area contributed by atoms with Crippen LogP contribution in [0.2, 0.25) is 5.02 Å². The molecule has 1 N–H and O–H groups in total. The van der Waals surface area contributed by atoms with Gasteiger partial charge in [0.1, 0.15) is 0 Å². The number of thioether (sulfide) groups is 1. The molecular weight excluding hydrogens is 921 g/mol. The SMILES string of the molecule is O=C(Nc1ccccc1SCCS(=O)(=O)c1ccc(Cl)cc1)c1cc(I)c(I)c(I)c1I. The van der Waals surface area contributed by atoms with Crippen LogP contribution in [0.3, 0.4) is 0 Å². The maximum Gasteiger partial charge on any atom is 0.256 e. The lowest BCUT2D eigenvalue weighted by Gasteiger charge is -2.13. The number of benzene rings is 3. The van der Waals surface area contributed by atoms with E-state index in [2.05, 4.69) is 95.7 Å². The smallest absolute Gasteiger partial charge is 0.256 e. The van der Waals surface area contributed by atoms with Crippen molar-refractivity contribution in [1.29, 1.82) is 0 Å². The van der Waals surface area contributed by atoms with Crippen molar-refractivity contribution in [3.8, 4) is 0 Å². The third kappa shape index (κ3) is 6.86. The van der Waals surface area contributed by atoms with Gasteiger partial charge >= 0.3 is 0 Å². The Morgan fingerprint density at radius 2 is 1.59 bits per heavy atom. The highest BCUT2D eigenvalue weighted by atomic mass is 127. The van der Waals surface area contributed by atoms with Crippen molar-refractivity contribution in [2.45, 2.75) is 9.79 Å². The zero-order chi connectivity index (χ0) is 23.5. The number of halogens is 5. The van der Waals surface area contributed by atoms with E-state index < -0.39 is 9.84 Å². The molecule has 3 aromatic carbocycles. The van der Waals surface area contributed by atoms with Crippen molar-refractivity contribution in [1.82, 2.24) is 0 Å². The molecule has 4 nitrogen and oxygen atoms in total. The van der Waals surface area contributed by atoms with Crippen molar-refractivity contribution in [3.05, 3.63) is 79.5 Å². The Balaban J connectivity index is 1.73. The first-order chi connectivity index (χ1) is 15.1. The zero-order valence-corrected chi connectivity index (χ0v) is 27.1. The molecule has 0 bridgehead atoms. The highest BCUT2D eigenvalue weighted by Gasteiger charge is 2.19. The standard InChI is InChI=1S/C21H14ClI4NO3S2/c22-12-5-7-13(8-6-12)32(29,30)10-9-31-17-4-2-1-3-16(17)27-21(28)14-11-15(23)19(25)20(26)18(14)24/h1-8,11H,9-10H2,(H,27,28). The fourth-order valence-corrected chi connectivity index (χ4v) is 8.73. The Morgan fingerprint density at radius 3 is 2.28 bits per heavy atom. The van der Waals surface area contributed by atoms with Crippen molar-refractivity contribution in [2.75, 3.05) is 16.8 Å². The average Bonchev–Trinajstić information content (AvgIpc) is 2.76. The maximum atomic E-state index is 13.0. The predicted octanol–water partition coefficient (Wildman–Crippen LogP) is 7.58. The molecular formula is C21H14ClI4NO3S2. The van der Waals surface area contributed by atoms with E-state index in [0.29, 0.717) is 22.0 Å². The lowest BCUT2D eigenvalue weighted by atomic mass is 10.2. The van der Waals surface area contributed by atoms with Crippen LogP contribution in [0.15, 0.2) is 64.4 Å². The largest absolute Gasteiger partial charge is 0.321 e. The van der Waals surface area contributed by atoms with Crippen LogP contribution < -0.4 is 5.32 Å². The van der Waals surface area contributed by atoms with Gasteiger partial charge in [0.2, 0.25) is 0 Å². The van der Waals surface area contributed by atoms with E-state index in [1.807, 2.05) is 30.3 Å². The van der Waals surface area contributed by atoms with Gasteiger partial charge in [0.15, 0.2) is 9.84 Å². The lowest BCUT2D eigenvalue weighted by Crippen LogP contribution is -2.16. The highest BCUT2D eigenvalue weighted by Crippen LogP contribution is 2.31. The number of nitrogens with one attached hydrogen (secondary N) is 1. The van der Waals surface area contributed by atoms with Crippen molar-refractivity contribution in [3.63, 3.8) is 0 Å². The Bertz CT molecular complexity index is 1270. The van der Waals surface area contributed by atoms with Crippen molar-refractivity contribution < 1.29 is 13.2 Å². The number of amides is 1. The van der Waals surface area contributed by atoms with Crippen LogP contribution in [0, 0.1) is 14.3 Å². The summed E-state index contributed by atoms with van der Waals surface area (Å²) in [6, 6.07) is 15.5. The first-order valence-corrected chi connectivity index (χ1v) is 16.3. The molecule has 0 spiro atoms. The second-order valence-electron chi connectivity index (χ2n) is 6.42. The molecule has 0 unspecified atom stereocenters. The van der Waals surface area contributed by atoms with Gasteiger partial charge < -0.3 is 5.32 Å². The fourth-order valence-electron chi connectivity index (χ4n) is 2.64. The summed E-state index contributed by atoms with van der Waals surface area (Å²) in [5.74, 6) is 0.144. The van der Waals surface area contributed by atoms with Crippen LogP contribution >= 0.6 is 114 Å². The molecule has 168 valence electrons. The highest BCUT2D eigenvalue weighted by molar-refractivity contribution is 14.1. The molecule has 0 aromatic heterocycles. The molecule has 0 saturated carbocycles. The summed E-state index contributed by atoms with van der Waals surface area (Å²) < 4.78 is 29.3. The lowest BCUT2D eigenvalue weighted by molar-refractivity contribution is 0.102. The van der Waals surface area contributed by atoms with Crippen molar-refractivity contribution in [2.24, 2.45) is 0 Å². The van der Waals surface area contributed by atoms with E-state index in [1.54, 1.807) is 12.1 Å². The molecule has 32 heavy (non-hydrogen) atoms. The molecule has 0 aliphatic heterocycles. The maximum absolute atomic E-state index is 13.0. The number of carbonyl (C=O) groups is 1. The molecule has 0 fully saturated rings. The molecule has 3 aromatic rings. The summed E-state index contributed by atoms with van der Waals surface area (Å²) in [4.78, 5) is 14.1. The van der Waals surface area contributed by atoms with E-state index >= 15 is 0 Å². The van der Waals surface area contributed by atoms with E-state index in [4.69, 9.17) is 11.6 Å². The van der Waals surface area contributed by atoms with Crippen molar-refractivity contribution >= 4 is 135 Å². The summed E-state index contributed by atoms with van der Waals surface area (Å²) >= 11 is 16.2. The van der Waals surface area contributed by atoms with Crippen LogP contribution in [-0.2, 0) is 9.84 Å². The Kier molecular flexibility index (Phi) is 10.3. The number of rotatable bonds is 7. The summed E-state index contributed by atoms with van der Waals surface area (Å²) in [7, 11) is -3.42. The third-order valence-corrected chi connectivity index (χ3v) is 14.8. The number of sulfone groups is 1. The van der Waals surface area contributed by atoms with E-state index in [0.717, 1.165) is 19.2 Å². The van der Waals surface area contributed by atoms with Gasteiger partial charge in [-0.1, -0.05) is 23.7 Å². The topological polar surface area (TPSA) is 63.2 Å². The summed E-state index contributed by atoms with van der Waals surface area (Å²) in [6.45, 7) is 0. The van der Waals surface area contributed by atoms with E-state index in [1.165, 1.54) is 23.9 Å². The summed E-state index contributed by atoms with van der Waals surface area (Å²) in [5, 5.41) is 3.48. The summed E-state index contributed by atoms with van der Waals surface area (Å²) in [5.41, 5.74) is 1.27. The predicted molar refractivity (Wildman–Crippen MR) is 166 cm³/mol. The van der Waals surface area contributed by atoms with Gasteiger partial charge in [-0.25, -0.2) is 8.42 Å². The molecule has 0 heterocycles. The Morgan fingerprint density at radius 1 is 0.938 bits per heavy atom. The normalized spacial score (nSPS) is 11.4. The van der Waals surface area contributed by atoms with Gasteiger partial charge in [0.05, 0.1) is 21.9 Å². The minimum absolute atomic E-state index is 0.0208. The first kappa shape index (κ1) is 27.2. The second kappa shape index (κ2) is 12.1. The number of anilines is 1. The first-order valence-electron chi connectivity index (χ1n) is 8.94. The van der Waals surface area contributed by atoms with Gasteiger partial charge in [0.25, 0.3) is 5.91 Å². The van der Waals surface area contributed by atoms with Crippen LogP contribution in [0.1, 0.15) is 10.4 Å². The molecule has 3 rings (SSSR count). The Hall–Kier alpha value is 0.640. The number of para-hydroxylation sites is 1. The molecule has 0 aliphatic rings. The molecule has 0 saturated heterocycles. The Labute approximate surface area is 250 Å². The number of hydrogen-bond donors (Lipinski definition) is 1. The third-order valence-electron chi connectivity index (χ3n) is 4.26. The number of carbonyl (C=O) groups excluding carboxylic acids is 1. The molecule has 11 heteroatoms. The van der Waals surface area contributed by atoms with Crippen LogP contribution in [0.5, 0.6) is 0 Å². The van der Waals surface area contributed by atoms with Gasteiger partial charge in [-0.2, -0.15) is 0 Å². The average molecular weight is 936 g/mol. The zero-order valence-electron chi connectivity index (χ0n) is 16.0. The van der Waals surface area contributed by atoms with E-state index in [9.17, 15) is 13.2 Å². The fraction of sp³-hybridized carbons (Fsp3) is 0.0952. The van der Waals surface area contributed by atoms with Gasteiger partial charge in [-0.05, 0) is 133 Å². The van der Waals surface area contributed by atoms with Crippen LogP contribution in [0.4, 0.5) is 5.69 Å². The second-order valence-corrected chi connectivity index (χ2v) is 14.5. The molecule has 0 aliphatic carbocycles. The number of hydrogen-bond acceptors (Lipinski definition) is 4. The minimum Gasteiger partial charge on any atom is -0.321 e. The minimum atomic E-state index is -3.42. The monoisotopic (exact) mass is 935 g/mol.